The van der Waals surface area contributed by atoms with E-state index >= 15 is 0 Å². The van der Waals surface area contributed by atoms with Crippen molar-refractivity contribution in [1.82, 2.24) is 0 Å². The Kier molecular flexibility index (Phi) is 4.01. The lowest BCUT2D eigenvalue weighted by molar-refractivity contribution is 1.46. The molecule has 0 aliphatic heterocycles. The van der Waals surface area contributed by atoms with Crippen LogP contribution in [0.25, 0.3) is 18.2 Å². The van der Waals surface area contributed by atoms with Crippen LogP contribution >= 0.6 is 11.6 Å². The number of aryl methyl sites for hydroxylation is 1. The molecule has 0 heterocycles. The average molecular weight is 255 g/mol. The van der Waals surface area contributed by atoms with Gasteiger partial charge >= 0.3 is 0 Å². The molecule has 0 spiro atoms. The Morgan fingerprint density at radius 1 is 1.00 bits per heavy atom. The summed E-state index contributed by atoms with van der Waals surface area (Å²) < 4.78 is 0. The smallest absolute Gasteiger partial charge is 0.0484 e. The first kappa shape index (κ1) is 12.7. The fourth-order valence-electron chi connectivity index (χ4n) is 1.76. The Hall–Kier alpha value is -1.79. The van der Waals surface area contributed by atoms with Crippen molar-refractivity contribution in [3.05, 3.63) is 76.3 Å². The minimum absolute atomic E-state index is 0.746. The van der Waals surface area contributed by atoms with E-state index in [2.05, 4.69) is 43.8 Å². The summed E-state index contributed by atoms with van der Waals surface area (Å²) in [7, 11) is 0. The average Bonchev–Trinajstić information content (AvgIpc) is 2.39. The van der Waals surface area contributed by atoms with Gasteiger partial charge in [-0.15, -0.1) is 0 Å². The van der Waals surface area contributed by atoms with Gasteiger partial charge in [0.25, 0.3) is 0 Å². The van der Waals surface area contributed by atoms with Crippen LogP contribution in [0.2, 0.25) is 5.02 Å². The van der Waals surface area contributed by atoms with E-state index in [1.807, 2.05) is 30.4 Å². The van der Waals surface area contributed by atoms with E-state index < -0.39 is 0 Å². The normalized spacial score (nSPS) is 10.8. The zero-order valence-electron chi connectivity index (χ0n) is 10.4. The summed E-state index contributed by atoms with van der Waals surface area (Å²) in [5.41, 5.74) is 4.48. The first-order valence-corrected chi connectivity index (χ1v) is 6.24. The van der Waals surface area contributed by atoms with Crippen molar-refractivity contribution in [3.63, 3.8) is 0 Å². The molecule has 0 saturated heterocycles. The first-order chi connectivity index (χ1) is 8.70. The SMILES string of the molecule is C=Cc1cccc(Cl)c1/C=C/c1ccc(C)cc1. The van der Waals surface area contributed by atoms with Gasteiger partial charge in [0, 0.05) is 10.6 Å². The molecule has 2 rings (SSSR count). The van der Waals surface area contributed by atoms with Crippen molar-refractivity contribution in [3.8, 4) is 0 Å². The molecule has 0 radical (unpaired) electrons. The molecule has 0 aliphatic rings. The Balaban J connectivity index is 2.34. The van der Waals surface area contributed by atoms with Gasteiger partial charge in [-0.05, 0) is 24.1 Å². The second-order valence-electron chi connectivity index (χ2n) is 4.19. The van der Waals surface area contributed by atoms with Crippen LogP contribution in [0.3, 0.4) is 0 Å². The summed E-state index contributed by atoms with van der Waals surface area (Å²) in [5, 5.41) is 0.746. The summed E-state index contributed by atoms with van der Waals surface area (Å²) in [6.07, 6.45) is 5.92. The number of benzene rings is 2. The summed E-state index contributed by atoms with van der Waals surface area (Å²) in [4.78, 5) is 0. The molecule has 0 N–H and O–H groups in total. The third kappa shape index (κ3) is 2.91. The summed E-state index contributed by atoms with van der Waals surface area (Å²) in [5.74, 6) is 0. The molecule has 2 aromatic rings. The summed E-state index contributed by atoms with van der Waals surface area (Å²) in [6, 6.07) is 14.2. The zero-order valence-corrected chi connectivity index (χ0v) is 11.1. The lowest BCUT2D eigenvalue weighted by Gasteiger charge is -2.03. The van der Waals surface area contributed by atoms with Gasteiger partial charge in [-0.1, -0.05) is 78.4 Å². The molecule has 2 aromatic carbocycles. The highest BCUT2D eigenvalue weighted by molar-refractivity contribution is 6.32. The molecule has 0 aliphatic carbocycles. The third-order valence-electron chi connectivity index (χ3n) is 2.83. The quantitative estimate of drug-likeness (QED) is 0.638. The van der Waals surface area contributed by atoms with E-state index in [0.29, 0.717) is 0 Å². The maximum atomic E-state index is 6.20. The van der Waals surface area contributed by atoms with Crippen LogP contribution in [-0.2, 0) is 0 Å². The standard InChI is InChI=1S/C17H15Cl/c1-3-15-5-4-6-17(18)16(15)12-11-14-9-7-13(2)8-10-14/h3-12H,1H2,2H3/b12-11+. The van der Waals surface area contributed by atoms with Crippen LogP contribution in [-0.4, -0.2) is 0 Å². The Morgan fingerprint density at radius 3 is 2.39 bits per heavy atom. The Labute approximate surface area is 113 Å². The highest BCUT2D eigenvalue weighted by Crippen LogP contribution is 2.23. The molecule has 0 amide bonds. The fraction of sp³-hybridized carbons (Fsp3) is 0.0588. The van der Waals surface area contributed by atoms with Crippen molar-refractivity contribution in [2.45, 2.75) is 6.92 Å². The fourth-order valence-corrected chi connectivity index (χ4v) is 2.01. The molecule has 1 heteroatoms. The maximum Gasteiger partial charge on any atom is 0.0484 e. The second kappa shape index (κ2) is 5.70. The number of rotatable bonds is 3. The lowest BCUT2D eigenvalue weighted by atomic mass is 10.1. The van der Waals surface area contributed by atoms with Gasteiger partial charge < -0.3 is 0 Å². The van der Waals surface area contributed by atoms with Crippen molar-refractivity contribution in [2.75, 3.05) is 0 Å². The molecule has 0 aromatic heterocycles. The van der Waals surface area contributed by atoms with Gasteiger partial charge in [-0.2, -0.15) is 0 Å². The van der Waals surface area contributed by atoms with Gasteiger partial charge in [-0.3, -0.25) is 0 Å². The molecule has 0 nitrogen and oxygen atoms in total. The predicted octanol–water partition coefficient (Wildman–Crippen LogP) is 5.46. The minimum Gasteiger partial charge on any atom is -0.0984 e. The van der Waals surface area contributed by atoms with Gasteiger partial charge in [0.05, 0.1) is 0 Å². The first-order valence-electron chi connectivity index (χ1n) is 5.86. The van der Waals surface area contributed by atoms with E-state index in [9.17, 15) is 0 Å². The minimum atomic E-state index is 0.746. The van der Waals surface area contributed by atoms with Crippen LogP contribution in [0, 0.1) is 6.92 Å². The Morgan fingerprint density at radius 2 is 1.72 bits per heavy atom. The van der Waals surface area contributed by atoms with Crippen molar-refractivity contribution < 1.29 is 0 Å². The van der Waals surface area contributed by atoms with Gasteiger partial charge in [0.1, 0.15) is 0 Å². The van der Waals surface area contributed by atoms with Crippen molar-refractivity contribution in [1.29, 1.82) is 0 Å². The van der Waals surface area contributed by atoms with E-state index in [1.54, 1.807) is 0 Å². The predicted molar refractivity (Wildman–Crippen MR) is 81.7 cm³/mol. The van der Waals surface area contributed by atoms with E-state index in [-0.39, 0.29) is 0 Å². The van der Waals surface area contributed by atoms with Crippen LogP contribution in [0.15, 0.2) is 49.0 Å². The van der Waals surface area contributed by atoms with Crippen LogP contribution in [0.4, 0.5) is 0 Å². The highest BCUT2D eigenvalue weighted by atomic mass is 35.5. The van der Waals surface area contributed by atoms with Gasteiger partial charge in [-0.25, -0.2) is 0 Å². The molecule has 0 saturated carbocycles. The van der Waals surface area contributed by atoms with Gasteiger partial charge in [0.2, 0.25) is 0 Å². The molecule has 90 valence electrons. The highest BCUT2D eigenvalue weighted by Gasteiger charge is 2.00. The molecule has 0 bridgehead atoms. The Bertz CT molecular complexity index is 577. The number of halogens is 1. The molecule has 0 atom stereocenters. The van der Waals surface area contributed by atoms with Crippen LogP contribution in [0.5, 0.6) is 0 Å². The van der Waals surface area contributed by atoms with E-state index in [1.165, 1.54) is 5.56 Å². The zero-order chi connectivity index (χ0) is 13.0. The van der Waals surface area contributed by atoms with E-state index in [0.717, 1.165) is 21.7 Å². The maximum absolute atomic E-state index is 6.20. The topological polar surface area (TPSA) is 0 Å². The molecule has 0 unspecified atom stereocenters. The van der Waals surface area contributed by atoms with Crippen LogP contribution in [0.1, 0.15) is 22.3 Å². The summed E-state index contributed by atoms with van der Waals surface area (Å²) >= 11 is 6.20. The van der Waals surface area contributed by atoms with Crippen molar-refractivity contribution in [2.24, 2.45) is 0 Å². The molecule has 0 fully saturated rings. The third-order valence-corrected chi connectivity index (χ3v) is 3.16. The molecular weight excluding hydrogens is 240 g/mol. The summed E-state index contributed by atoms with van der Waals surface area (Å²) in [6.45, 7) is 5.89. The molecule has 18 heavy (non-hydrogen) atoms. The lowest BCUT2D eigenvalue weighted by Crippen LogP contribution is -1.81. The number of hydrogen-bond acceptors (Lipinski definition) is 0. The second-order valence-corrected chi connectivity index (χ2v) is 4.60. The number of hydrogen-bond donors (Lipinski definition) is 0. The largest absolute Gasteiger partial charge is 0.0984 e. The monoisotopic (exact) mass is 254 g/mol. The molecular formula is C17H15Cl. The van der Waals surface area contributed by atoms with E-state index in [4.69, 9.17) is 11.6 Å². The van der Waals surface area contributed by atoms with Crippen molar-refractivity contribution >= 4 is 29.8 Å². The van der Waals surface area contributed by atoms with Gasteiger partial charge in [0.15, 0.2) is 0 Å². The van der Waals surface area contributed by atoms with Crippen LogP contribution < -0.4 is 0 Å².